The summed E-state index contributed by atoms with van der Waals surface area (Å²) in [4.78, 5) is 28.8. The van der Waals surface area contributed by atoms with Crippen LogP contribution in [0, 0.1) is 0 Å². The number of hydrogen-bond acceptors (Lipinski definition) is 5. The zero-order valence-electron chi connectivity index (χ0n) is 15.5. The lowest BCUT2D eigenvalue weighted by atomic mass is 10.0. The minimum atomic E-state index is -2.94. The average Bonchev–Trinajstić information content (AvgIpc) is 2.68. The number of benzene rings is 2. The molecule has 1 atom stereocenters. The molecule has 9 heteroatoms. The van der Waals surface area contributed by atoms with Gasteiger partial charge in [-0.25, -0.2) is 4.99 Å². The summed E-state index contributed by atoms with van der Waals surface area (Å²) in [5.74, 6) is -0.142. The van der Waals surface area contributed by atoms with Crippen LogP contribution in [0.4, 0.5) is 8.78 Å². The number of alkyl halides is 2. The lowest BCUT2D eigenvalue weighted by Gasteiger charge is -2.21. The highest BCUT2D eigenvalue weighted by molar-refractivity contribution is 6.10. The number of halogens is 2. The predicted molar refractivity (Wildman–Crippen MR) is 101 cm³/mol. The van der Waals surface area contributed by atoms with Crippen molar-refractivity contribution in [2.24, 2.45) is 4.99 Å². The Kier molecular flexibility index (Phi) is 6.38. The Labute approximate surface area is 165 Å². The molecule has 0 fully saturated rings. The first-order valence-electron chi connectivity index (χ1n) is 8.91. The molecule has 0 saturated heterocycles. The molecule has 1 heterocycles. The van der Waals surface area contributed by atoms with E-state index in [0.29, 0.717) is 12.4 Å². The van der Waals surface area contributed by atoms with E-state index >= 15 is 0 Å². The average molecular weight is 403 g/mol. The van der Waals surface area contributed by atoms with Crippen molar-refractivity contribution in [2.75, 3.05) is 6.61 Å². The fourth-order valence-corrected chi connectivity index (χ4v) is 2.77. The summed E-state index contributed by atoms with van der Waals surface area (Å²) in [6.45, 7) is -0.506. The molecule has 29 heavy (non-hydrogen) atoms. The Morgan fingerprint density at radius 3 is 2.45 bits per heavy atom. The molecule has 1 aliphatic rings. The third-order valence-corrected chi connectivity index (χ3v) is 4.07. The van der Waals surface area contributed by atoms with E-state index in [4.69, 9.17) is 4.74 Å². The number of guanidine groups is 1. The molecule has 0 aromatic heterocycles. The van der Waals surface area contributed by atoms with Crippen molar-refractivity contribution < 1.29 is 27.8 Å². The molecule has 2 N–H and O–H groups in total. The van der Waals surface area contributed by atoms with Crippen molar-refractivity contribution in [1.29, 1.82) is 0 Å². The maximum atomic E-state index is 12.4. The lowest BCUT2D eigenvalue weighted by Crippen LogP contribution is -2.47. The number of aliphatic imine (C=N–C) groups is 1. The summed E-state index contributed by atoms with van der Waals surface area (Å²) in [7, 11) is 0. The van der Waals surface area contributed by atoms with Gasteiger partial charge in [0.05, 0.1) is 19.1 Å². The summed E-state index contributed by atoms with van der Waals surface area (Å²) < 4.78 is 34.0. The molecular formula is C20H19F2N3O4. The van der Waals surface area contributed by atoms with Crippen LogP contribution < -0.4 is 20.1 Å². The van der Waals surface area contributed by atoms with Gasteiger partial charge in [0, 0.05) is 5.56 Å². The molecule has 3 rings (SSSR count). The van der Waals surface area contributed by atoms with Crippen LogP contribution in [0.1, 0.15) is 35.3 Å². The van der Waals surface area contributed by atoms with Crippen molar-refractivity contribution in [1.82, 2.24) is 10.6 Å². The second-order valence-electron chi connectivity index (χ2n) is 6.10. The minimum absolute atomic E-state index is 0.0260. The van der Waals surface area contributed by atoms with Gasteiger partial charge >= 0.3 is 6.61 Å². The molecule has 1 aliphatic heterocycles. The minimum Gasteiger partial charge on any atom is -0.494 e. The maximum absolute atomic E-state index is 12.4. The number of hydrogen-bond donors (Lipinski definition) is 2. The topological polar surface area (TPSA) is 89.0 Å². The monoisotopic (exact) mass is 403 g/mol. The van der Waals surface area contributed by atoms with Gasteiger partial charge in [0.2, 0.25) is 11.9 Å². The van der Waals surface area contributed by atoms with Crippen LogP contribution >= 0.6 is 0 Å². The van der Waals surface area contributed by atoms with Gasteiger partial charge in [0.1, 0.15) is 11.5 Å². The Morgan fingerprint density at radius 1 is 1.17 bits per heavy atom. The number of nitrogens with one attached hydrogen (secondary N) is 2. The van der Waals surface area contributed by atoms with Crippen LogP contribution in [0.2, 0.25) is 0 Å². The Bertz CT molecular complexity index is 899. The van der Waals surface area contributed by atoms with Gasteiger partial charge in [0.25, 0.3) is 5.91 Å². The van der Waals surface area contributed by atoms with E-state index in [2.05, 4.69) is 20.4 Å². The third-order valence-electron chi connectivity index (χ3n) is 4.07. The van der Waals surface area contributed by atoms with Crippen molar-refractivity contribution >= 4 is 17.8 Å². The highest BCUT2D eigenvalue weighted by atomic mass is 19.3. The number of amides is 2. The standard InChI is InChI=1S/C20H19F2N3O4/c1-2-28-14-7-3-12(4-8-14)16-11-17(26)24-20(23-16)25-18(27)13-5-9-15(10-6-13)29-19(21)22/h3-10,16,19H,2,11H2,1H3,(H2,23,24,25,26,27). The summed E-state index contributed by atoms with van der Waals surface area (Å²) in [6.07, 6.45) is 0.146. The lowest BCUT2D eigenvalue weighted by molar-refractivity contribution is -0.120. The quantitative estimate of drug-likeness (QED) is 0.776. The smallest absolute Gasteiger partial charge is 0.387 e. The zero-order chi connectivity index (χ0) is 20.8. The number of carbonyl (C=O) groups excluding carboxylic acids is 2. The van der Waals surface area contributed by atoms with Crippen LogP contribution in [-0.4, -0.2) is 31.0 Å². The van der Waals surface area contributed by atoms with Crippen LogP contribution in [0.15, 0.2) is 53.5 Å². The fraction of sp³-hybridized carbons (Fsp3) is 0.250. The van der Waals surface area contributed by atoms with E-state index in [1.807, 2.05) is 19.1 Å². The Balaban J connectivity index is 1.70. The maximum Gasteiger partial charge on any atom is 0.387 e. The van der Waals surface area contributed by atoms with Gasteiger partial charge in [-0.1, -0.05) is 12.1 Å². The normalized spacial score (nSPS) is 16.1. The number of ether oxygens (including phenoxy) is 2. The van der Waals surface area contributed by atoms with Gasteiger partial charge < -0.3 is 9.47 Å². The summed E-state index contributed by atoms with van der Waals surface area (Å²) in [6, 6.07) is 12.0. The number of nitrogens with zero attached hydrogens (tertiary/aromatic N) is 1. The first-order valence-corrected chi connectivity index (χ1v) is 8.91. The molecule has 152 valence electrons. The van der Waals surface area contributed by atoms with Gasteiger partial charge in [-0.3, -0.25) is 20.2 Å². The molecule has 0 spiro atoms. The molecule has 2 aromatic carbocycles. The van der Waals surface area contributed by atoms with Gasteiger partial charge in [-0.2, -0.15) is 8.78 Å². The number of carbonyl (C=O) groups is 2. The first-order chi connectivity index (χ1) is 13.9. The molecule has 0 bridgehead atoms. The molecule has 2 amide bonds. The molecule has 7 nitrogen and oxygen atoms in total. The van der Waals surface area contributed by atoms with Crippen LogP contribution in [0.25, 0.3) is 0 Å². The third kappa shape index (κ3) is 5.50. The molecular weight excluding hydrogens is 384 g/mol. The molecule has 2 aromatic rings. The van der Waals surface area contributed by atoms with E-state index in [-0.39, 0.29) is 29.6 Å². The van der Waals surface area contributed by atoms with Crippen molar-refractivity contribution in [3.05, 3.63) is 59.7 Å². The summed E-state index contributed by atoms with van der Waals surface area (Å²) >= 11 is 0. The second-order valence-corrected chi connectivity index (χ2v) is 6.10. The van der Waals surface area contributed by atoms with Gasteiger partial charge in [-0.05, 0) is 48.9 Å². The van der Waals surface area contributed by atoms with Gasteiger partial charge in [0.15, 0.2) is 0 Å². The molecule has 0 saturated carbocycles. The van der Waals surface area contributed by atoms with Crippen LogP contribution in [-0.2, 0) is 4.79 Å². The first kappa shape index (κ1) is 20.2. The van der Waals surface area contributed by atoms with Gasteiger partial charge in [-0.15, -0.1) is 0 Å². The Hall–Kier alpha value is -3.49. The van der Waals surface area contributed by atoms with E-state index in [0.717, 1.165) is 5.56 Å². The van der Waals surface area contributed by atoms with Crippen molar-refractivity contribution in [2.45, 2.75) is 26.0 Å². The summed E-state index contributed by atoms with van der Waals surface area (Å²) in [5, 5.41) is 5.04. The van der Waals surface area contributed by atoms with Crippen LogP contribution in [0.5, 0.6) is 11.5 Å². The van der Waals surface area contributed by atoms with E-state index < -0.39 is 18.6 Å². The highest BCUT2D eigenvalue weighted by Gasteiger charge is 2.24. The van der Waals surface area contributed by atoms with Crippen LogP contribution in [0.3, 0.4) is 0 Å². The fourth-order valence-electron chi connectivity index (χ4n) is 2.77. The summed E-state index contributed by atoms with van der Waals surface area (Å²) in [5.41, 5.74) is 1.01. The molecule has 1 unspecified atom stereocenters. The van der Waals surface area contributed by atoms with Crippen molar-refractivity contribution in [3.63, 3.8) is 0 Å². The SMILES string of the molecule is CCOc1ccc(C2CC(=O)NC(NC(=O)c3ccc(OC(F)F)cc3)=N2)cc1. The van der Waals surface area contributed by atoms with Crippen molar-refractivity contribution in [3.8, 4) is 11.5 Å². The largest absolute Gasteiger partial charge is 0.494 e. The predicted octanol–water partition coefficient (Wildman–Crippen LogP) is 3.03. The van der Waals surface area contributed by atoms with E-state index in [9.17, 15) is 18.4 Å². The zero-order valence-corrected chi connectivity index (χ0v) is 15.5. The molecule has 0 aliphatic carbocycles. The van der Waals surface area contributed by atoms with E-state index in [1.54, 1.807) is 12.1 Å². The second kappa shape index (κ2) is 9.13. The van der Waals surface area contributed by atoms with E-state index in [1.165, 1.54) is 24.3 Å². The molecule has 0 radical (unpaired) electrons. The highest BCUT2D eigenvalue weighted by Crippen LogP contribution is 2.25. The Morgan fingerprint density at radius 2 is 1.83 bits per heavy atom. The number of rotatable bonds is 6.